The van der Waals surface area contributed by atoms with Gasteiger partial charge in [0.2, 0.25) is 11.7 Å². The number of rotatable bonds is 4. The summed E-state index contributed by atoms with van der Waals surface area (Å²) in [4.78, 5) is 11.8. The minimum Gasteiger partial charge on any atom is -0.364 e. The molecular formula is C14H18F2N6O. The predicted octanol–water partition coefficient (Wildman–Crippen LogP) is 1.55. The maximum Gasteiger partial charge on any atom is 0.270 e. The summed E-state index contributed by atoms with van der Waals surface area (Å²) in [5, 5.41) is 9.51. The van der Waals surface area contributed by atoms with Crippen molar-refractivity contribution in [2.45, 2.75) is 38.2 Å². The molecule has 0 radical (unpaired) electrons. The minimum atomic E-state index is -2.58. The zero-order valence-electron chi connectivity index (χ0n) is 12.5. The fraction of sp³-hybridized carbons (Fsp3) is 0.500. The topological polar surface area (TPSA) is 89.1 Å². The van der Waals surface area contributed by atoms with Crippen LogP contribution in [0.4, 0.5) is 14.6 Å². The summed E-state index contributed by atoms with van der Waals surface area (Å²) in [6, 6.07) is 0. The van der Waals surface area contributed by atoms with Crippen LogP contribution in [-0.2, 0) is 6.54 Å². The second-order valence-corrected chi connectivity index (χ2v) is 5.81. The lowest BCUT2D eigenvalue weighted by Gasteiger charge is -2.28. The molecule has 124 valence electrons. The molecule has 3 rings (SSSR count). The molecule has 1 aliphatic carbocycles. The predicted molar refractivity (Wildman–Crippen MR) is 79.3 cm³/mol. The Bertz CT molecular complexity index is 644. The molecule has 1 aromatic heterocycles. The van der Waals surface area contributed by atoms with Crippen LogP contribution in [0.2, 0.25) is 0 Å². The molecule has 0 spiro atoms. The van der Waals surface area contributed by atoms with Gasteiger partial charge in [0.15, 0.2) is 5.69 Å². The lowest BCUT2D eigenvalue weighted by molar-refractivity contribution is -0.0477. The van der Waals surface area contributed by atoms with Crippen molar-refractivity contribution in [2.75, 3.05) is 5.01 Å². The zero-order chi connectivity index (χ0) is 16.4. The summed E-state index contributed by atoms with van der Waals surface area (Å²) in [7, 11) is 0. The van der Waals surface area contributed by atoms with Gasteiger partial charge >= 0.3 is 0 Å². The molecule has 1 saturated carbocycles. The van der Waals surface area contributed by atoms with Crippen LogP contribution in [0.3, 0.4) is 0 Å². The number of primary amides is 1. The van der Waals surface area contributed by atoms with E-state index in [1.807, 2.05) is 0 Å². The number of carbonyl (C=O) groups is 1. The van der Waals surface area contributed by atoms with Crippen LogP contribution in [0.25, 0.3) is 0 Å². The summed E-state index contributed by atoms with van der Waals surface area (Å²) in [5.74, 6) is -2.91. The minimum absolute atomic E-state index is 0.0343. The Hall–Kier alpha value is -2.45. The fourth-order valence-electron chi connectivity index (χ4n) is 2.85. The van der Waals surface area contributed by atoms with Crippen molar-refractivity contribution in [1.29, 1.82) is 0 Å². The highest BCUT2D eigenvalue weighted by atomic mass is 19.3. The first kappa shape index (κ1) is 15.4. The molecule has 7 nitrogen and oxygen atoms in total. The summed E-state index contributed by atoms with van der Waals surface area (Å²) < 4.78 is 27.9. The third-order valence-electron chi connectivity index (χ3n) is 4.10. The van der Waals surface area contributed by atoms with Crippen molar-refractivity contribution < 1.29 is 13.6 Å². The van der Waals surface area contributed by atoms with E-state index in [1.165, 1.54) is 9.69 Å². The van der Waals surface area contributed by atoms with E-state index in [0.29, 0.717) is 25.2 Å². The Morgan fingerprint density at radius 1 is 1.39 bits per heavy atom. The van der Waals surface area contributed by atoms with E-state index >= 15 is 0 Å². The van der Waals surface area contributed by atoms with Crippen LogP contribution in [-0.4, -0.2) is 26.8 Å². The zero-order valence-corrected chi connectivity index (χ0v) is 12.5. The molecule has 0 unspecified atom stereocenters. The first-order chi connectivity index (χ1) is 11.0. The molecule has 0 atom stereocenters. The SMILES string of the molecule is NC(=O)c1c(N2C=CC=CN2)nnn1CC1CCC(F)(F)CC1. The summed E-state index contributed by atoms with van der Waals surface area (Å²) >= 11 is 0. The summed E-state index contributed by atoms with van der Waals surface area (Å²) in [6.45, 7) is 0.356. The van der Waals surface area contributed by atoms with Crippen molar-refractivity contribution >= 4 is 11.7 Å². The van der Waals surface area contributed by atoms with Crippen molar-refractivity contribution in [2.24, 2.45) is 11.7 Å². The highest BCUT2D eigenvalue weighted by Crippen LogP contribution is 2.37. The number of allylic oxidation sites excluding steroid dienone is 2. The van der Waals surface area contributed by atoms with Gasteiger partial charge in [-0.2, -0.15) is 0 Å². The smallest absolute Gasteiger partial charge is 0.270 e. The molecule has 1 amide bonds. The number of hydrogen-bond acceptors (Lipinski definition) is 5. The van der Waals surface area contributed by atoms with E-state index in [9.17, 15) is 13.6 Å². The molecule has 3 N–H and O–H groups in total. The van der Waals surface area contributed by atoms with Crippen LogP contribution >= 0.6 is 0 Å². The second-order valence-electron chi connectivity index (χ2n) is 5.81. The molecule has 1 fully saturated rings. The Labute approximate surface area is 131 Å². The molecule has 23 heavy (non-hydrogen) atoms. The Morgan fingerprint density at radius 3 is 2.74 bits per heavy atom. The number of alkyl halides is 2. The molecule has 1 aromatic rings. The third kappa shape index (κ3) is 3.33. The Balaban J connectivity index is 1.77. The number of nitrogens with one attached hydrogen (secondary N) is 1. The van der Waals surface area contributed by atoms with Crippen LogP contribution in [0, 0.1) is 5.92 Å². The van der Waals surface area contributed by atoms with E-state index in [-0.39, 0.29) is 24.5 Å². The Kier molecular flexibility index (Phi) is 4.01. The lowest BCUT2D eigenvalue weighted by Crippen LogP contribution is -2.33. The van der Waals surface area contributed by atoms with Gasteiger partial charge in [0, 0.05) is 31.8 Å². The number of hydrogen-bond donors (Lipinski definition) is 2. The van der Waals surface area contributed by atoms with Gasteiger partial charge in [-0.3, -0.25) is 4.79 Å². The second kappa shape index (κ2) is 5.98. The van der Waals surface area contributed by atoms with Crippen LogP contribution in [0.15, 0.2) is 24.6 Å². The molecule has 1 aliphatic heterocycles. The monoisotopic (exact) mass is 324 g/mol. The van der Waals surface area contributed by atoms with Gasteiger partial charge in [-0.1, -0.05) is 5.21 Å². The van der Waals surface area contributed by atoms with Gasteiger partial charge in [-0.25, -0.2) is 18.5 Å². The van der Waals surface area contributed by atoms with E-state index in [0.717, 1.165) is 0 Å². The summed E-state index contributed by atoms with van der Waals surface area (Å²) in [5.41, 5.74) is 8.52. The van der Waals surface area contributed by atoms with Gasteiger partial charge in [0.1, 0.15) is 0 Å². The quantitative estimate of drug-likeness (QED) is 0.877. The molecule has 0 bridgehead atoms. The maximum atomic E-state index is 13.2. The highest BCUT2D eigenvalue weighted by Gasteiger charge is 2.35. The molecular weight excluding hydrogens is 306 g/mol. The number of aromatic nitrogens is 3. The standard InChI is InChI=1S/C14H18F2N6O/c15-14(16)5-3-10(4-6-14)9-22-11(12(17)23)13(19-20-22)21-8-2-1-7-18-21/h1-2,7-8,10,18H,3-6,9H2,(H2,17,23). The molecule has 2 heterocycles. The van der Waals surface area contributed by atoms with Crippen LogP contribution in [0.1, 0.15) is 36.2 Å². The first-order valence-electron chi connectivity index (χ1n) is 7.46. The number of nitrogens with two attached hydrogens (primary N) is 1. The van der Waals surface area contributed by atoms with Crippen LogP contribution < -0.4 is 16.2 Å². The van der Waals surface area contributed by atoms with E-state index in [4.69, 9.17) is 5.73 Å². The third-order valence-corrected chi connectivity index (χ3v) is 4.10. The van der Waals surface area contributed by atoms with Crippen LogP contribution in [0.5, 0.6) is 0 Å². The number of amides is 1. The largest absolute Gasteiger partial charge is 0.364 e. The average Bonchev–Trinajstić information content (AvgIpc) is 2.94. The van der Waals surface area contributed by atoms with Crippen molar-refractivity contribution in [1.82, 2.24) is 20.4 Å². The highest BCUT2D eigenvalue weighted by molar-refractivity contribution is 5.96. The number of hydrazine groups is 1. The number of carbonyl (C=O) groups excluding carboxylic acids is 1. The number of nitrogens with zero attached hydrogens (tertiary/aromatic N) is 4. The molecule has 9 heteroatoms. The van der Waals surface area contributed by atoms with Gasteiger partial charge in [0.25, 0.3) is 5.91 Å². The van der Waals surface area contributed by atoms with Gasteiger partial charge in [-0.15, -0.1) is 5.10 Å². The van der Waals surface area contributed by atoms with E-state index in [2.05, 4.69) is 15.7 Å². The summed E-state index contributed by atoms with van der Waals surface area (Å²) in [6.07, 6.45) is 7.43. The Morgan fingerprint density at radius 2 is 2.13 bits per heavy atom. The normalized spacial score (nSPS) is 20.5. The van der Waals surface area contributed by atoms with Crippen molar-refractivity contribution in [3.8, 4) is 0 Å². The fourth-order valence-corrected chi connectivity index (χ4v) is 2.85. The number of halogens is 2. The molecule has 2 aliphatic rings. The van der Waals surface area contributed by atoms with Gasteiger partial charge < -0.3 is 11.2 Å². The molecule has 0 aromatic carbocycles. The number of anilines is 1. The molecule has 0 saturated heterocycles. The first-order valence-corrected chi connectivity index (χ1v) is 7.46. The maximum absolute atomic E-state index is 13.2. The van der Waals surface area contributed by atoms with Gasteiger partial charge in [-0.05, 0) is 30.9 Å². The van der Waals surface area contributed by atoms with Gasteiger partial charge in [0.05, 0.1) is 0 Å². The van der Waals surface area contributed by atoms with E-state index < -0.39 is 11.8 Å². The lowest BCUT2D eigenvalue weighted by atomic mass is 9.87. The van der Waals surface area contributed by atoms with Crippen molar-refractivity contribution in [3.63, 3.8) is 0 Å². The van der Waals surface area contributed by atoms with E-state index in [1.54, 1.807) is 24.6 Å². The van der Waals surface area contributed by atoms with Crippen molar-refractivity contribution in [3.05, 3.63) is 30.2 Å². The average molecular weight is 324 g/mol.